The van der Waals surface area contributed by atoms with Crippen LogP contribution < -0.4 is 0 Å². The third kappa shape index (κ3) is 2.97. The monoisotopic (exact) mass is 267 g/mol. The fourth-order valence-electron chi connectivity index (χ4n) is 2.20. The van der Waals surface area contributed by atoms with E-state index in [2.05, 4.69) is 0 Å². The van der Waals surface area contributed by atoms with Crippen molar-refractivity contribution < 1.29 is 18.4 Å². The summed E-state index contributed by atoms with van der Waals surface area (Å²) in [5.74, 6) is -2.25. The lowest BCUT2D eigenvalue weighted by Gasteiger charge is -2.30. The van der Waals surface area contributed by atoms with Crippen LogP contribution in [-0.2, 0) is 16.0 Å². The Balaban J connectivity index is 2.05. The Kier molecular flexibility index (Phi) is 3.93. The Hall–Kier alpha value is -1.78. The van der Waals surface area contributed by atoms with Crippen molar-refractivity contribution in [1.29, 1.82) is 0 Å². The first kappa shape index (κ1) is 13.6. The predicted octanol–water partition coefficient (Wildman–Crippen LogP) is 1.94. The number of nitrogens with zero attached hydrogens (tertiary/aromatic N) is 1. The maximum Gasteiger partial charge on any atom is 0.227 e. The quantitative estimate of drug-likeness (QED) is 0.821. The van der Waals surface area contributed by atoms with E-state index in [0.717, 1.165) is 6.07 Å². The number of hydrogen-bond donors (Lipinski definition) is 0. The van der Waals surface area contributed by atoms with Crippen LogP contribution in [0.5, 0.6) is 0 Å². The normalized spacial score (nSPS) is 19.6. The molecule has 0 N–H and O–H groups in total. The molecule has 1 unspecified atom stereocenters. The minimum absolute atomic E-state index is 0.0505. The van der Waals surface area contributed by atoms with Crippen LogP contribution in [0.15, 0.2) is 18.2 Å². The van der Waals surface area contributed by atoms with Gasteiger partial charge in [0.05, 0.1) is 6.42 Å². The summed E-state index contributed by atoms with van der Waals surface area (Å²) in [6.45, 7) is 2.48. The lowest BCUT2D eigenvalue weighted by Crippen LogP contribution is -2.43. The van der Waals surface area contributed by atoms with Crippen LogP contribution in [0.25, 0.3) is 0 Å². The molecule has 1 saturated heterocycles. The molecule has 1 aromatic rings. The van der Waals surface area contributed by atoms with Gasteiger partial charge in [-0.15, -0.1) is 0 Å². The minimum atomic E-state index is -0.975. The third-order valence-electron chi connectivity index (χ3n) is 3.40. The molecule has 0 aromatic heterocycles. The van der Waals surface area contributed by atoms with Gasteiger partial charge in [0, 0.05) is 31.0 Å². The first-order valence-electron chi connectivity index (χ1n) is 6.22. The molecule has 0 spiro atoms. The average Bonchev–Trinajstić information content (AvgIpc) is 2.38. The topological polar surface area (TPSA) is 37.4 Å². The van der Waals surface area contributed by atoms with Crippen molar-refractivity contribution in [2.75, 3.05) is 13.1 Å². The van der Waals surface area contributed by atoms with E-state index in [1.165, 1.54) is 17.0 Å². The number of likely N-dealkylation sites (tertiary alicyclic amines) is 1. The van der Waals surface area contributed by atoms with E-state index in [-0.39, 0.29) is 29.6 Å². The van der Waals surface area contributed by atoms with Gasteiger partial charge in [-0.05, 0) is 6.07 Å². The fourth-order valence-corrected chi connectivity index (χ4v) is 2.20. The molecule has 1 atom stereocenters. The lowest BCUT2D eigenvalue weighted by molar-refractivity contribution is -0.136. The molecule has 1 fully saturated rings. The van der Waals surface area contributed by atoms with Crippen LogP contribution in [0, 0.1) is 17.6 Å². The number of carbonyl (C=O) groups excluding carboxylic acids is 2. The summed E-state index contributed by atoms with van der Waals surface area (Å²) in [5, 5.41) is 0. The van der Waals surface area contributed by atoms with Crippen molar-refractivity contribution in [2.45, 2.75) is 19.8 Å². The molecule has 1 aliphatic rings. The SMILES string of the molecule is CC1CN(C(=O)Cc2cccc(F)c2F)CCC1=O. The Morgan fingerprint density at radius 3 is 2.84 bits per heavy atom. The van der Waals surface area contributed by atoms with Crippen molar-refractivity contribution in [2.24, 2.45) is 5.92 Å². The summed E-state index contributed by atoms with van der Waals surface area (Å²) in [6.07, 6.45) is 0.156. The van der Waals surface area contributed by atoms with Crippen molar-refractivity contribution in [3.05, 3.63) is 35.4 Å². The molecular formula is C14H15F2NO2. The van der Waals surface area contributed by atoms with Gasteiger partial charge >= 0.3 is 0 Å². The number of carbonyl (C=O) groups is 2. The van der Waals surface area contributed by atoms with Gasteiger partial charge in [-0.25, -0.2) is 8.78 Å². The highest BCUT2D eigenvalue weighted by molar-refractivity contribution is 5.85. The molecular weight excluding hydrogens is 252 g/mol. The molecule has 5 heteroatoms. The molecule has 2 rings (SSSR count). The molecule has 0 radical (unpaired) electrons. The molecule has 1 aromatic carbocycles. The van der Waals surface area contributed by atoms with Crippen LogP contribution in [0.3, 0.4) is 0 Å². The largest absolute Gasteiger partial charge is 0.341 e. The highest BCUT2D eigenvalue weighted by Gasteiger charge is 2.27. The van der Waals surface area contributed by atoms with Crippen LogP contribution in [0.2, 0.25) is 0 Å². The Labute approximate surface area is 110 Å². The van der Waals surface area contributed by atoms with E-state index in [1.807, 2.05) is 0 Å². The maximum absolute atomic E-state index is 13.5. The van der Waals surface area contributed by atoms with Crippen molar-refractivity contribution in [1.82, 2.24) is 4.90 Å². The standard InChI is InChI=1S/C14H15F2NO2/c1-9-8-17(6-5-12(9)18)13(19)7-10-3-2-4-11(15)14(10)16/h2-4,9H,5-8H2,1H3. The van der Waals surface area contributed by atoms with Gasteiger partial charge in [-0.2, -0.15) is 0 Å². The van der Waals surface area contributed by atoms with Crippen molar-refractivity contribution in [3.8, 4) is 0 Å². The summed E-state index contributed by atoms with van der Waals surface area (Å²) < 4.78 is 26.5. The van der Waals surface area contributed by atoms with E-state index in [9.17, 15) is 18.4 Å². The van der Waals surface area contributed by atoms with Gasteiger partial charge in [-0.3, -0.25) is 9.59 Å². The molecule has 3 nitrogen and oxygen atoms in total. The number of piperidine rings is 1. The van der Waals surface area contributed by atoms with Gasteiger partial charge in [0.2, 0.25) is 5.91 Å². The third-order valence-corrected chi connectivity index (χ3v) is 3.40. The van der Waals surface area contributed by atoms with E-state index >= 15 is 0 Å². The van der Waals surface area contributed by atoms with E-state index in [4.69, 9.17) is 0 Å². The summed E-state index contributed by atoms with van der Waals surface area (Å²) >= 11 is 0. The number of amides is 1. The second kappa shape index (κ2) is 5.47. The molecule has 0 saturated carbocycles. The zero-order chi connectivity index (χ0) is 14.0. The van der Waals surface area contributed by atoms with Crippen LogP contribution >= 0.6 is 0 Å². The maximum atomic E-state index is 13.5. The zero-order valence-electron chi connectivity index (χ0n) is 10.7. The van der Waals surface area contributed by atoms with Gasteiger partial charge in [0.25, 0.3) is 0 Å². The van der Waals surface area contributed by atoms with Crippen LogP contribution in [0.1, 0.15) is 18.9 Å². The predicted molar refractivity (Wildman–Crippen MR) is 65.4 cm³/mol. The number of benzene rings is 1. The van der Waals surface area contributed by atoms with Gasteiger partial charge in [0.15, 0.2) is 11.6 Å². The number of Topliss-reactive ketones (excluding diaryl/α,β-unsaturated/α-hetero) is 1. The van der Waals surface area contributed by atoms with Gasteiger partial charge in [-0.1, -0.05) is 19.1 Å². The van der Waals surface area contributed by atoms with Crippen molar-refractivity contribution in [3.63, 3.8) is 0 Å². The second-order valence-electron chi connectivity index (χ2n) is 4.85. The summed E-state index contributed by atoms with van der Waals surface area (Å²) in [5.41, 5.74) is 0.0505. The fraction of sp³-hybridized carbons (Fsp3) is 0.429. The number of ketones is 1. The number of rotatable bonds is 2. The molecule has 0 aliphatic carbocycles. The summed E-state index contributed by atoms with van der Waals surface area (Å²) in [4.78, 5) is 24.9. The Bertz CT molecular complexity index is 516. The van der Waals surface area contributed by atoms with E-state index in [1.54, 1.807) is 6.92 Å². The van der Waals surface area contributed by atoms with Crippen LogP contribution in [-0.4, -0.2) is 29.7 Å². The summed E-state index contributed by atoms with van der Waals surface area (Å²) in [6, 6.07) is 3.79. The van der Waals surface area contributed by atoms with Gasteiger partial charge < -0.3 is 4.90 Å². The average molecular weight is 267 g/mol. The number of halogens is 2. The minimum Gasteiger partial charge on any atom is -0.341 e. The smallest absolute Gasteiger partial charge is 0.227 e. The van der Waals surface area contributed by atoms with E-state index < -0.39 is 11.6 Å². The van der Waals surface area contributed by atoms with Crippen molar-refractivity contribution >= 4 is 11.7 Å². The molecule has 1 aliphatic heterocycles. The first-order valence-corrected chi connectivity index (χ1v) is 6.22. The highest BCUT2D eigenvalue weighted by atomic mass is 19.2. The molecule has 19 heavy (non-hydrogen) atoms. The molecule has 1 heterocycles. The molecule has 102 valence electrons. The van der Waals surface area contributed by atoms with E-state index in [0.29, 0.717) is 19.5 Å². The second-order valence-corrected chi connectivity index (χ2v) is 4.85. The number of hydrogen-bond acceptors (Lipinski definition) is 2. The zero-order valence-corrected chi connectivity index (χ0v) is 10.7. The van der Waals surface area contributed by atoms with Gasteiger partial charge in [0.1, 0.15) is 5.78 Å². The highest BCUT2D eigenvalue weighted by Crippen LogP contribution is 2.16. The Morgan fingerprint density at radius 1 is 1.42 bits per heavy atom. The first-order chi connectivity index (χ1) is 8.99. The van der Waals surface area contributed by atoms with Crippen LogP contribution in [0.4, 0.5) is 8.78 Å². The Morgan fingerprint density at radius 2 is 2.16 bits per heavy atom. The molecule has 1 amide bonds. The summed E-state index contributed by atoms with van der Waals surface area (Å²) in [7, 11) is 0. The lowest BCUT2D eigenvalue weighted by atomic mass is 9.98. The molecule has 0 bridgehead atoms.